The second kappa shape index (κ2) is 5.35. The van der Waals surface area contributed by atoms with Gasteiger partial charge in [-0.1, -0.05) is 0 Å². The van der Waals surface area contributed by atoms with Crippen LogP contribution in [0.3, 0.4) is 0 Å². The van der Waals surface area contributed by atoms with Crippen molar-refractivity contribution in [2.24, 2.45) is 11.8 Å². The third-order valence-corrected chi connectivity index (χ3v) is 2.69. The summed E-state index contributed by atoms with van der Waals surface area (Å²) >= 11 is 0. The van der Waals surface area contributed by atoms with E-state index in [1.165, 1.54) is 0 Å². The van der Waals surface area contributed by atoms with Crippen LogP contribution in [0.25, 0.3) is 0 Å². The minimum absolute atomic E-state index is 0.117. The Bertz CT molecular complexity index is 296. The van der Waals surface area contributed by atoms with Crippen LogP contribution < -0.4 is 5.32 Å². The van der Waals surface area contributed by atoms with Gasteiger partial charge in [-0.25, -0.2) is 0 Å². The highest BCUT2D eigenvalue weighted by Crippen LogP contribution is 2.30. The topological polar surface area (TPSA) is 90.2 Å². The Labute approximate surface area is 88.1 Å². The quantitative estimate of drug-likeness (QED) is 0.662. The molecule has 0 aliphatic heterocycles. The van der Waals surface area contributed by atoms with E-state index in [9.17, 15) is 9.59 Å². The van der Waals surface area contributed by atoms with Gasteiger partial charge >= 0.3 is 5.97 Å². The van der Waals surface area contributed by atoms with Crippen LogP contribution in [0.15, 0.2) is 0 Å². The van der Waals surface area contributed by atoms with Gasteiger partial charge in [-0.05, 0) is 19.3 Å². The van der Waals surface area contributed by atoms with Crippen molar-refractivity contribution < 1.29 is 14.7 Å². The minimum Gasteiger partial charge on any atom is -0.481 e. The summed E-state index contributed by atoms with van der Waals surface area (Å²) in [7, 11) is 0. The van der Waals surface area contributed by atoms with Crippen LogP contribution in [-0.4, -0.2) is 23.5 Å². The van der Waals surface area contributed by atoms with Crippen LogP contribution >= 0.6 is 0 Å². The van der Waals surface area contributed by atoms with Crippen LogP contribution in [0.1, 0.15) is 25.7 Å². The minimum atomic E-state index is -0.817. The number of rotatable bonds is 4. The van der Waals surface area contributed by atoms with Gasteiger partial charge in [-0.15, -0.1) is 0 Å². The van der Waals surface area contributed by atoms with E-state index in [4.69, 9.17) is 10.4 Å². The lowest BCUT2D eigenvalue weighted by molar-refractivity contribution is -0.141. The standard InChI is InChI=1S/C10H14N2O3/c11-4-1-5-12-9(13)7-2-3-8(6-7)10(14)15/h7-8H,1-3,5-6H2,(H,12,13)(H,14,15). The average molecular weight is 210 g/mol. The summed E-state index contributed by atoms with van der Waals surface area (Å²) in [5, 5.41) is 19.7. The molecule has 0 heterocycles. The summed E-state index contributed by atoms with van der Waals surface area (Å²) in [5.41, 5.74) is 0. The molecule has 0 aromatic rings. The Morgan fingerprint density at radius 3 is 2.60 bits per heavy atom. The van der Waals surface area contributed by atoms with Gasteiger partial charge in [0.2, 0.25) is 5.91 Å². The number of aliphatic carboxylic acids is 1. The first-order valence-corrected chi connectivity index (χ1v) is 5.02. The molecule has 0 aromatic heterocycles. The number of carbonyl (C=O) groups excluding carboxylic acids is 1. The van der Waals surface area contributed by atoms with Gasteiger partial charge in [0.25, 0.3) is 0 Å². The SMILES string of the molecule is N#CCCNC(=O)C1CCC(C(=O)O)C1. The van der Waals surface area contributed by atoms with E-state index < -0.39 is 5.97 Å². The molecule has 0 bridgehead atoms. The first-order chi connectivity index (χ1) is 7.15. The number of nitriles is 1. The summed E-state index contributed by atoms with van der Waals surface area (Å²) in [4.78, 5) is 22.1. The molecular weight excluding hydrogens is 196 g/mol. The van der Waals surface area contributed by atoms with Gasteiger partial charge in [0.15, 0.2) is 0 Å². The fourth-order valence-corrected chi connectivity index (χ4v) is 1.83. The molecule has 0 saturated heterocycles. The van der Waals surface area contributed by atoms with Gasteiger partial charge in [0, 0.05) is 12.5 Å². The molecule has 15 heavy (non-hydrogen) atoms. The van der Waals surface area contributed by atoms with Crippen molar-refractivity contribution in [3.05, 3.63) is 0 Å². The number of carboxylic acid groups (broad SMARTS) is 1. The molecule has 1 aliphatic rings. The lowest BCUT2D eigenvalue weighted by Gasteiger charge is -2.09. The molecule has 1 aliphatic carbocycles. The molecule has 0 spiro atoms. The van der Waals surface area contributed by atoms with Crippen LogP contribution in [0.2, 0.25) is 0 Å². The molecule has 2 N–H and O–H groups in total. The largest absolute Gasteiger partial charge is 0.481 e. The Balaban J connectivity index is 2.31. The van der Waals surface area contributed by atoms with Crippen LogP contribution in [0, 0.1) is 23.2 Å². The Morgan fingerprint density at radius 1 is 1.40 bits per heavy atom. The van der Waals surface area contributed by atoms with Crippen molar-refractivity contribution in [3.63, 3.8) is 0 Å². The van der Waals surface area contributed by atoms with Crippen molar-refractivity contribution in [1.29, 1.82) is 5.26 Å². The molecule has 1 saturated carbocycles. The molecule has 0 aromatic carbocycles. The van der Waals surface area contributed by atoms with Gasteiger partial charge in [-0.3, -0.25) is 9.59 Å². The number of nitrogens with zero attached hydrogens (tertiary/aromatic N) is 1. The number of carboxylic acids is 1. The fraction of sp³-hybridized carbons (Fsp3) is 0.700. The molecular formula is C10H14N2O3. The van der Waals surface area contributed by atoms with Gasteiger partial charge in [0.05, 0.1) is 18.4 Å². The zero-order valence-electron chi connectivity index (χ0n) is 8.40. The number of amides is 1. The maximum atomic E-state index is 11.5. The smallest absolute Gasteiger partial charge is 0.306 e. The van der Waals surface area contributed by atoms with E-state index >= 15 is 0 Å². The summed E-state index contributed by atoms with van der Waals surface area (Å²) in [6.07, 6.45) is 1.93. The zero-order chi connectivity index (χ0) is 11.3. The van der Waals surface area contributed by atoms with Crippen molar-refractivity contribution in [1.82, 2.24) is 5.32 Å². The van der Waals surface area contributed by atoms with E-state index in [2.05, 4.69) is 5.32 Å². The van der Waals surface area contributed by atoms with Crippen LogP contribution in [0.4, 0.5) is 0 Å². The summed E-state index contributed by atoms with van der Waals surface area (Å²) in [6, 6.07) is 1.93. The third-order valence-electron chi connectivity index (χ3n) is 2.69. The van der Waals surface area contributed by atoms with Crippen molar-refractivity contribution in [2.45, 2.75) is 25.7 Å². The second-order valence-electron chi connectivity index (χ2n) is 3.74. The first-order valence-electron chi connectivity index (χ1n) is 5.02. The number of hydrogen-bond acceptors (Lipinski definition) is 3. The molecule has 82 valence electrons. The van der Waals surface area contributed by atoms with Gasteiger partial charge in [0.1, 0.15) is 0 Å². The number of carbonyl (C=O) groups is 2. The Hall–Kier alpha value is -1.57. The molecule has 1 rings (SSSR count). The molecule has 1 fully saturated rings. The van der Waals surface area contributed by atoms with Crippen LogP contribution in [0.5, 0.6) is 0 Å². The van der Waals surface area contributed by atoms with Gasteiger partial charge < -0.3 is 10.4 Å². The molecule has 5 nitrogen and oxygen atoms in total. The van der Waals surface area contributed by atoms with Crippen molar-refractivity contribution >= 4 is 11.9 Å². The molecule has 5 heteroatoms. The highest BCUT2D eigenvalue weighted by atomic mass is 16.4. The predicted molar refractivity (Wildman–Crippen MR) is 51.7 cm³/mol. The summed E-state index contributed by atoms with van der Waals surface area (Å²) < 4.78 is 0. The zero-order valence-corrected chi connectivity index (χ0v) is 8.40. The maximum absolute atomic E-state index is 11.5. The Kier molecular flexibility index (Phi) is 4.10. The summed E-state index contributed by atoms with van der Waals surface area (Å²) in [6.45, 7) is 0.351. The molecule has 2 atom stereocenters. The van der Waals surface area contributed by atoms with E-state index in [1.807, 2.05) is 6.07 Å². The molecule has 1 amide bonds. The van der Waals surface area contributed by atoms with Gasteiger partial charge in [-0.2, -0.15) is 5.26 Å². The lowest BCUT2D eigenvalue weighted by atomic mass is 10.0. The molecule has 2 unspecified atom stereocenters. The molecule has 0 radical (unpaired) electrons. The maximum Gasteiger partial charge on any atom is 0.306 e. The van der Waals surface area contributed by atoms with E-state index in [1.54, 1.807) is 0 Å². The Morgan fingerprint density at radius 2 is 2.07 bits per heavy atom. The number of hydrogen-bond donors (Lipinski definition) is 2. The first kappa shape index (κ1) is 11.5. The van der Waals surface area contributed by atoms with E-state index in [-0.39, 0.29) is 17.7 Å². The predicted octanol–water partition coefficient (Wildman–Crippen LogP) is 0.517. The van der Waals surface area contributed by atoms with E-state index in [0.717, 1.165) is 0 Å². The highest BCUT2D eigenvalue weighted by Gasteiger charge is 2.33. The lowest BCUT2D eigenvalue weighted by Crippen LogP contribution is -2.30. The van der Waals surface area contributed by atoms with Crippen molar-refractivity contribution in [3.8, 4) is 6.07 Å². The number of nitrogens with one attached hydrogen (secondary N) is 1. The monoisotopic (exact) mass is 210 g/mol. The van der Waals surface area contributed by atoms with Crippen LogP contribution in [-0.2, 0) is 9.59 Å². The van der Waals surface area contributed by atoms with E-state index in [0.29, 0.717) is 32.2 Å². The normalized spacial score (nSPS) is 24.5. The van der Waals surface area contributed by atoms with Crippen molar-refractivity contribution in [2.75, 3.05) is 6.54 Å². The second-order valence-corrected chi connectivity index (χ2v) is 3.74. The summed E-state index contributed by atoms with van der Waals surface area (Å²) in [5.74, 6) is -1.50. The average Bonchev–Trinajstić information content (AvgIpc) is 2.66. The fourth-order valence-electron chi connectivity index (χ4n) is 1.83. The highest BCUT2D eigenvalue weighted by molar-refractivity contribution is 5.80. The third kappa shape index (κ3) is 3.24.